The summed E-state index contributed by atoms with van der Waals surface area (Å²) in [5, 5.41) is 9.23. The second-order valence-electron chi connectivity index (χ2n) is 2.74. The zero-order valence-electron chi connectivity index (χ0n) is 6.56. The first-order valence-corrected chi connectivity index (χ1v) is 4.88. The van der Waals surface area contributed by atoms with Gasteiger partial charge in [0.25, 0.3) is 10.1 Å². The zero-order valence-corrected chi connectivity index (χ0v) is 7.37. The van der Waals surface area contributed by atoms with Crippen LogP contribution < -0.4 is 0 Å². The molecule has 0 fully saturated rings. The lowest BCUT2D eigenvalue weighted by Crippen LogP contribution is -2.16. The van der Waals surface area contributed by atoms with Gasteiger partial charge in [-0.05, 0) is 18.6 Å². The fourth-order valence-electron chi connectivity index (χ4n) is 0.946. The molecule has 0 aromatic rings. The Bertz CT molecular complexity index is 336. The first-order chi connectivity index (χ1) is 5.41. The number of aliphatic hydroxyl groups is 1. The second-order valence-corrected chi connectivity index (χ2v) is 4.21. The molecular formula is C7H10O4S. The van der Waals surface area contributed by atoms with Gasteiger partial charge in [-0.25, -0.2) is 0 Å². The molecule has 0 saturated heterocycles. The normalized spacial score (nSPS) is 24.8. The van der Waals surface area contributed by atoms with Crippen molar-refractivity contribution in [3.8, 4) is 0 Å². The molecule has 5 heteroatoms. The molecule has 1 unspecified atom stereocenters. The van der Waals surface area contributed by atoms with Crippen molar-refractivity contribution in [3.63, 3.8) is 0 Å². The number of hydrogen-bond donors (Lipinski definition) is 2. The van der Waals surface area contributed by atoms with Gasteiger partial charge in [0.1, 0.15) is 0 Å². The zero-order chi connectivity index (χ0) is 9.35. The van der Waals surface area contributed by atoms with Gasteiger partial charge in [0.15, 0.2) is 0 Å². The lowest BCUT2D eigenvalue weighted by atomic mass is 10.0. The molecule has 12 heavy (non-hydrogen) atoms. The summed E-state index contributed by atoms with van der Waals surface area (Å²) in [5.41, 5.74) is 0.697. The third kappa shape index (κ3) is 1.94. The van der Waals surface area contributed by atoms with E-state index in [-0.39, 0.29) is 11.3 Å². The molecule has 0 radical (unpaired) electrons. The maximum Gasteiger partial charge on any atom is 0.290 e. The number of rotatable bonds is 1. The molecule has 0 aromatic heterocycles. The van der Waals surface area contributed by atoms with Crippen LogP contribution in [0.25, 0.3) is 0 Å². The van der Waals surface area contributed by atoms with Crippen molar-refractivity contribution in [2.75, 3.05) is 0 Å². The average Bonchev–Trinajstić information content (AvgIpc) is 1.92. The van der Waals surface area contributed by atoms with Crippen LogP contribution in [0.3, 0.4) is 0 Å². The summed E-state index contributed by atoms with van der Waals surface area (Å²) < 4.78 is 29.8. The van der Waals surface area contributed by atoms with Gasteiger partial charge in [-0.15, -0.1) is 0 Å². The minimum atomic E-state index is -4.13. The van der Waals surface area contributed by atoms with E-state index in [1.165, 1.54) is 12.2 Å². The minimum absolute atomic E-state index is 0.0405. The molecule has 1 aliphatic rings. The van der Waals surface area contributed by atoms with Crippen molar-refractivity contribution in [1.29, 1.82) is 0 Å². The monoisotopic (exact) mass is 190 g/mol. The fraction of sp³-hybridized carbons (Fsp3) is 0.429. The predicted octanol–water partition coefficient (Wildman–Crippen LogP) is 0.469. The van der Waals surface area contributed by atoms with Crippen LogP contribution >= 0.6 is 0 Å². The van der Waals surface area contributed by atoms with E-state index in [1.54, 1.807) is 6.92 Å². The highest BCUT2D eigenvalue weighted by molar-refractivity contribution is 7.89. The topological polar surface area (TPSA) is 74.6 Å². The molecular weight excluding hydrogens is 180 g/mol. The van der Waals surface area contributed by atoms with Gasteiger partial charge in [-0.3, -0.25) is 4.55 Å². The van der Waals surface area contributed by atoms with Gasteiger partial charge in [0, 0.05) is 6.42 Å². The molecule has 4 nitrogen and oxygen atoms in total. The molecule has 0 aliphatic heterocycles. The van der Waals surface area contributed by atoms with Crippen LogP contribution in [0.5, 0.6) is 0 Å². The second kappa shape index (κ2) is 3.01. The summed E-state index contributed by atoms with van der Waals surface area (Å²) in [4.78, 5) is -0.138. The number of hydrogen-bond acceptors (Lipinski definition) is 3. The van der Waals surface area contributed by atoms with Crippen molar-refractivity contribution in [2.45, 2.75) is 19.4 Å². The predicted molar refractivity (Wildman–Crippen MR) is 44.0 cm³/mol. The maximum atomic E-state index is 10.6. The summed E-state index contributed by atoms with van der Waals surface area (Å²) in [6.45, 7) is 1.70. The fourth-order valence-corrected chi connectivity index (χ4v) is 1.55. The summed E-state index contributed by atoms with van der Waals surface area (Å²) in [6.07, 6.45) is 1.95. The van der Waals surface area contributed by atoms with Crippen molar-refractivity contribution < 1.29 is 18.1 Å². The van der Waals surface area contributed by atoms with Crippen molar-refractivity contribution in [1.82, 2.24) is 0 Å². The van der Waals surface area contributed by atoms with Gasteiger partial charge in [0.2, 0.25) is 0 Å². The van der Waals surface area contributed by atoms with Crippen LogP contribution in [-0.4, -0.2) is 24.2 Å². The molecule has 0 heterocycles. The molecule has 0 bridgehead atoms. The van der Waals surface area contributed by atoms with E-state index >= 15 is 0 Å². The molecule has 2 N–H and O–H groups in total. The maximum absolute atomic E-state index is 10.6. The lowest BCUT2D eigenvalue weighted by Gasteiger charge is -2.15. The van der Waals surface area contributed by atoms with E-state index in [0.717, 1.165) is 0 Å². The molecule has 0 amide bonds. The Labute approximate surface area is 71.0 Å². The van der Waals surface area contributed by atoms with Gasteiger partial charge in [0.05, 0.1) is 11.0 Å². The highest BCUT2D eigenvalue weighted by atomic mass is 32.2. The number of allylic oxidation sites excluding steroid dienone is 2. The Hall–Kier alpha value is -0.650. The van der Waals surface area contributed by atoms with Crippen LogP contribution in [-0.2, 0) is 10.1 Å². The highest BCUT2D eigenvalue weighted by Crippen LogP contribution is 2.21. The van der Waals surface area contributed by atoms with Gasteiger partial charge >= 0.3 is 0 Å². The lowest BCUT2D eigenvalue weighted by molar-refractivity contribution is 0.211. The molecule has 68 valence electrons. The summed E-state index contributed by atoms with van der Waals surface area (Å²) in [5.74, 6) is 0. The van der Waals surface area contributed by atoms with E-state index in [9.17, 15) is 13.5 Å². The standard InChI is InChI=1S/C7H10O4S/c1-5-2-3-6(4-7(5)8)12(9,10)11/h2-3,7-8H,4H2,1H3,(H,9,10,11). The van der Waals surface area contributed by atoms with E-state index in [2.05, 4.69) is 0 Å². The van der Waals surface area contributed by atoms with Crippen LogP contribution in [0.4, 0.5) is 0 Å². The van der Waals surface area contributed by atoms with Crippen molar-refractivity contribution >= 4 is 10.1 Å². The molecule has 1 atom stereocenters. The third-order valence-electron chi connectivity index (χ3n) is 1.78. The minimum Gasteiger partial charge on any atom is -0.388 e. The van der Waals surface area contributed by atoms with Gasteiger partial charge < -0.3 is 5.11 Å². The third-order valence-corrected chi connectivity index (χ3v) is 2.75. The molecule has 0 spiro atoms. The molecule has 0 saturated carbocycles. The van der Waals surface area contributed by atoms with Crippen LogP contribution in [0, 0.1) is 0 Å². The molecule has 0 aromatic carbocycles. The first kappa shape index (κ1) is 9.44. The summed E-state index contributed by atoms with van der Waals surface area (Å²) in [7, 11) is -4.13. The Kier molecular flexibility index (Phi) is 2.36. The number of aliphatic hydroxyl groups excluding tert-OH is 1. The summed E-state index contributed by atoms with van der Waals surface area (Å²) in [6, 6.07) is 0. The van der Waals surface area contributed by atoms with E-state index < -0.39 is 16.2 Å². The van der Waals surface area contributed by atoms with Crippen LogP contribution in [0.15, 0.2) is 22.6 Å². The highest BCUT2D eigenvalue weighted by Gasteiger charge is 2.21. The Morgan fingerprint density at radius 2 is 2.08 bits per heavy atom. The Morgan fingerprint density at radius 1 is 1.50 bits per heavy atom. The van der Waals surface area contributed by atoms with Crippen molar-refractivity contribution in [2.24, 2.45) is 0 Å². The van der Waals surface area contributed by atoms with Crippen LogP contribution in [0.1, 0.15) is 13.3 Å². The SMILES string of the molecule is CC1=CC=C(S(=O)(=O)O)CC1O. The molecule has 1 rings (SSSR count). The van der Waals surface area contributed by atoms with E-state index in [1.807, 2.05) is 0 Å². The Morgan fingerprint density at radius 3 is 2.50 bits per heavy atom. The quantitative estimate of drug-likeness (QED) is 0.589. The Balaban J connectivity index is 3.00. The van der Waals surface area contributed by atoms with Gasteiger partial charge in [-0.1, -0.05) is 6.08 Å². The van der Waals surface area contributed by atoms with Gasteiger partial charge in [-0.2, -0.15) is 8.42 Å². The van der Waals surface area contributed by atoms with Crippen molar-refractivity contribution in [3.05, 3.63) is 22.6 Å². The smallest absolute Gasteiger partial charge is 0.290 e. The summed E-state index contributed by atoms with van der Waals surface area (Å²) >= 11 is 0. The molecule has 1 aliphatic carbocycles. The van der Waals surface area contributed by atoms with E-state index in [0.29, 0.717) is 5.57 Å². The first-order valence-electron chi connectivity index (χ1n) is 3.44. The van der Waals surface area contributed by atoms with E-state index in [4.69, 9.17) is 4.55 Å². The van der Waals surface area contributed by atoms with Crippen LogP contribution in [0.2, 0.25) is 0 Å². The average molecular weight is 190 g/mol. The largest absolute Gasteiger partial charge is 0.388 e.